The molecule has 0 amide bonds. The molecule has 1 fully saturated rings. The van der Waals surface area contributed by atoms with E-state index in [2.05, 4.69) is 20.8 Å². The molecule has 4 atom stereocenters. The second kappa shape index (κ2) is 7.10. The van der Waals surface area contributed by atoms with Gasteiger partial charge in [-0.3, -0.25) is 0 Å². The number of hydrogen-bond acceptors (Lipinski definition) is 4. The molecule has 3 N–H and O–H groups in total. The zero-order valence-electron chi connectivity index (χ0n) is 11.8. The summed E-state index contributed by atoms with van der Waals surface area (Å²) in [6, 6.07) is 0. The molecule has 1 aliphatic rings. The number of esters is 1. The van der Waals surface area contributed by atoms with E-state index in [9.17, 15) is 9.90 Å². The van der Waals surface area contributed by atoms with Gasteiger partial charge in [0.15, 0.2) is 6.10 Å². The van der Waals surface area contributed by atoms with Crippen LogP contribution in [0.2, 0.25) is 0 Å². The molecule has 0 aliphatic heterocycles. The fourth-order valence-corrected chi connectivity index (χ4v) is 2.75. The zero-order valence-corrected chi connectivity index (χ0v) is 11.8. The molecule has 3 unspecified atom stereocenters. The molecule has 4 heteroatoms. The van der Waals surface area contributed by atoms with Gasteiger partial charge in [0, 0.05) is 0 Å². The van der Waals surface area contributed by atoms with E-state index in [0.717, 1.165) is 12.8 Å². The molecule has 0 bridgehead atoms. The summed E-state index contributed by atoms with van der Waals surface area (Å²) >= 11 is 0. The first-order valence-corrected chi connectivity index (χ1v) is 7.04. The third-order valence-electron chi connectivity index (χ3n) is 3.94. The maximum absolute atomic E-state index is 11.7. The Morgan fingerprint density at radius 1 is 1.44 bits per heavy atom. The fraction of sp³-hybridized carbons (Fsp3) is 0.929. The van der Waals surface area contributed by atoms with Crippen molar-refractivity contribution < 1.29 is 14.6 Å². The van der Waals surface area contributed by atoms with Crippen LogP contribution in [0.1, 0.15) is 46.5 Å². The second-order valence-electron chi connectivity index (χ2n) is 5.89. The van der Waals surface area contributed by atoms with E-state index in [1.54, 1.807) is 0 Å². The standard InChI is InChI=1S/C14H27NO3/c1-9(2)11-5-4-10(3)8-13(11)18-14(17)12(16)6-7-15/h9-13,16H,4-8,15H2,1-3H3/t10?,11?,12-,13?/m0/s1. The molecule has 1 rings (SSSR count). The smallest absolute Gasteiger partial charge is 0.335 e. The van der Waals surface area contributed by atoms with Gasteiger partial charge in [-0.05, 0) is 43.6 Å². The SMILES string of the molecule is CC1CCC(C(C)C)C(OC(=O)[C@@H](O)CCN)C1. The largest absolute Gasteiger partial charge is 0.460 e. The molecule has 0 radical (unpaired) electrons. The average Bonchev–Trinajstić information content (AvgIpc) is 2.28. The molecule has 0 saturated heterocycles. The van der Waals surface area contributed by atoms with E-state index in [4.69, 9.17) is 10.5 Å². The van der Waals surface area contributed by atoms with E-state index in [1.165, 1.54) is 6.42 Å². The lowest BCUT2D eigenvalue weighted by Gasteiger charge is -2.37. The van der Waals surface area contributed by atoms with Gasteiger partial charge in [0.25, 0.3) is 0 Å². The summed E-state index contributed by atoms with van der Waals surface area (Å²) in [4.78, 5) is 11.7. The van der Waals surface area contributed by atoms with Crippen LogP contribution in [0.3, 0.4) is 0 Å². The number of carbonyl (C=O) groups is 1. The zero-order chi connectivity index (χ0) is 13.7. The van der Waals surface area contributed by atoms with Gasteiger partial charge in [-0.1, -0.05) is 27.2 Å². The van der Waals surface area contributed by atoms with Crippen LogP contribution in [-0.2, 0) is 9.53 Å². The Hall–Kier alpha value is -0.610. The van der Waals surface area contributed by atoms with Crippen LogP contribution in [0.5, 0.6) is 0 Å². The van der Waals surface area contributed by atoms with Crippen LogP contribution in [-0.4, -0.2) is 29.8 Å². The Morgan fingerprint density at radius 3 is 2.67 bits per heavy atom. The lowest BCUT2D eigenvalue weighted by atomic mass is 9.75. The quantitative estimate of drug-likeness (QED) is 0.735. The number of aliphatic hydroxyl groups excluding tert-OH is 1. The van der Waals surface area contributed by atoms with Crippen LogP contribution < -0.4 is 5.73 Å². The van der Waals surface area contributed by atoms with Gasteiger partial charge in [-0.25, -0.2) is 4.79 Å². The van der Waals surface area contributed by atoms with E-state index in [-0.39, 0.29) is 12.5 Å². The summed E-state index contributed by atoms with van der Waals surface area (Å²) in [5.74, 6) is 0.992. The second-order valence-corrected chi connectivity index (χ2v) is 5.89. The molecule has 0 aromatic rings. The number of aliphatic hydroxyl groups is 1. The Bertz CT molecular complexity index is 268. The van der Waals surface area contributed by atoms with Crippen LogP contribution in [0.4, 0.5) is 0 Å². The summed E-state index contributed by atoms with van der Waals surface area (Å²) in [6.45, 7) is 6.81. The lowest BCUT2D eigenvalue weighted by molar-refractivity contribution is -0.166. The van der Waals surface area contributed by atoms with Gasteiger partial charge in [0.1, 0.15) is 6.10 Å². The normalized spacial score (nSPS) is 30.2. The summed E-state index contributed by atoms with van der Waals surface area (Å²) in [7, 11) is 0. The number of ether oxygens (including phenoxy) is 1. The Morgan fingerprint density at radius 2 is 2.11 bits per heavy atom. The monoisotopic (exact) mass is 257 g/mol. The van der Waals surface area contributed by atoms with Crippen LogP contribution in [0.25, 0.3) is 0 Å². The molecule has 18 heavy (non-hydrogen) atoms. The van der Waals surface area contributed by atoms with Crippen molar-refractivity contribution in [3.63, 3.8) is 0 Å². The Balaban J connectivity index is 2.57. The van der Waals surface area contributed by atoms with Crippen molar-refractivity contribution in [1.82, 2.24) is 0 Å². The maximum atomic E-state index is 11.7. The first kappa shape index (κ1) is 15.4. The van der Waals surface area contributed by atoms with E-state index in [0.29, 0.717) is 24.3 Å². The molecule has 4 nitrogen and oxygen atoms in total. The molecule has 0 spiro atoms. The van der Waals surface area contributed by atoms with Crippen molar-refractivity contribution in [3.05, 3.63) is 0 Å². The van der Waals surface area contributed by atoms with E-state index >= 15 is 0 Å². The first-order valence-electron chi connectivity index (χ1n) is 7.04. The Kier molecular flexibility index (Phi) is 6.09. The van der Waals surface area contributed by atoms with Crippen molar-refractivity contribution in [2.24, 2.45) is 23.5 Å². The lowest BCUT2D eigenvalue weighted by Crippen LogP contribution is -2.38. The van der Waals surface area contributed by atoms with Crippen LogP contribution in [0, 0.1) is 17.8 Å². The van der Waals surface area contributed by atoms with E-state index in [1.807, 2.05) is 0 Å². The predicted molar refractivity (Wildman–Crippen MR) is 70.9 cm³/mol. The summed E-state index contributed by atoms with van der Waals surface area (Å²) < 4.78 is 5.51. The summed E-state index contributed by atoms with van der Waals surface area (Å²) in [6.07, 6.45) is 2.36. The molecule has 0 aromatic carbocycles. The number of hydrogen-bond donors (Lipinski definition) is 2. The summed E-state index contributed by atoms with van der Waals surface area (Å²) in [5, 5.41) is 9.58. The van der Waals surface area contributed by atoms with E-state index < -0.39 is 12.1 Å². The van der Waals surface area contributed by atoms with Gasteiger partial charge < -0.3 is 15.6 Å². The Labute approximate surface area is 110 Å². The van der Waals surface area contributed by atoms with Gasteiger partial charge in [0.2, 0.25) is 0 Å². The third kappa shape index (κ3) is 4.25. The van der Waals surface area contributed by atoms with Gasteiger partial charge in [-0.15, -0.1) is 0 Å². The number of rotatable bonds is 5. The molecular formula is C14H27NO3. The number of nitrogens with two attached hydrogens (primary N) is 1. The highest BCUT2D eigenvalue weighted by molar-refractivity contribution is 5.74. The van der Waals surface area contributed by atoms with Crippen molar-refractivity contribution in [2.45, 2.75) is 58.7 Å². The highest BCUT2D eigenvalue weighted by Crippen LogP contribution is 2.35. The van der Waals surface area contributed by atoms with Crippen LogP contribution in [0.15, 0.2) is 0 Å². The molecule has 0 heterocycles. The van der Waals surface area contributed by atoms with Crippen molar-refractivity contribution in [1.29, 1.82) is 0 Å². The topological polar surface area (TPSA) is 72.5 Å². The minimum atomic E-state index is -1.07. The molecule has 1 aliphatic carbocycles. The predicted octanol–water partition coefficient (Wildman–Crippen LogP) is 1.70. The third-order valence-corrected chi connectivity index (χ3v) is 3.94. The molecule has 0 aromatic heterocycles. The first-order chi connectivity index (χ1) is 8.45. The highest BCUT2D eigenvalue weighted by Gasteiger charge is 2.34. The molecular weight excluding hydrogens is 230 g/mol. The molecule has 1 saturated carbocycles. The average molecular weight is 257 g/mol. The summed E-state index contributed by atoms with van der Waals surface area (Å²) in [5.41, 5.74) is 5.33. The van der Waals surface area contributed by atoms with Crippen molar-refractivity contribution in [2.75, 3.05) is 6.54 Å². The van der Waals surface area contributed by atoms with Crippen molar-refractivity contribution in [3.8, 4) is 0 Å². The highest BCUT2D eigenvalue weighted by atomic mass is 16.6. The molecule has 106 valence electrons. The van der Waals surface area contributed by atoms with Crippen LogP contribution >= 0.6 is 0 Å². The van der Waals surface area contributed by atoms with Gasteiger partial charge >= 0.3 is 5.97 Å². The van der Waals surface area contributed by atoms with Crippen molar-refractivity contribution >= 4 is 5.97 Å². The maximum Gasteiger partial charge on any atom is 0.335 e. The number of carbonyl (C=O) groups excluding carboxylic acids is 1. The fourth-order valence-electron chi connectivity index (χ4n) is 2.75. The van der Waals surface area contributed by atoms with Gasteiger partial charge in [0.05, 0.1) is 0 Å². The minimum absolute atomic E-state index is 0.0475. The van der Waals surface area contributed by atoms with Gasteiger partial charge in [-0.2, -0.15) is 0 Å². The minimum Gasteiger partial charge on any atom is -0.460 e.